The maximum atomic E-state index is 12.7. The molecule has 0 spiro atoms. The number of nitro benzene ring substituents is 1. The van der Waals surface area contributed by atoms with Gasteiger partial charge in [0.25, 0.3) is 11.2 Å². The molecule has 0 N–H and O–H groups in total. The fraction of sp³-hybridized carbons (Fsp3) is 0.211. The molecule has 154 valence electrons. The van der Waals surface area contributed by atoms with Gasteiger partial charge in [0.1, 0.15) is 10.8 Å². The monoisotopic (exact) mass is 446 g/mol. The van der Waals surface area contributed by atoms with Crippen molar-refractivity contribution in [1.29, 1.82) is 0 Å². The van der Waals surface area contributed by atoms with Crippen molar-refractivity contribution in [2.24, 2.45) is 0 Å². The van der Waals surface area contributed by atoms with Crippen LogP contribution < -0.4 is 15.4 Å². The number of nitrogens with zero attached hydrogens (tertiary/aromatic N) is 6. The van der Waals surface area contributed by atoms with E-state index in [2.05, 4.69) is 15.0 Å². The number of piperazine rings is 1. The maximum Gasteiger partial charge on any atom is 0.292 e. The number of halogens is 2. The first-order valence-corrected chi connectivity index (χ1v) is 9.84. The molecule has 0 aliphatic carbocycles. The van der Waals surface area contributed by atoms with Crippen LogP contribution in [-0.2, 0) is 0 Å². The predicted molar refractivity (Wildman–Crippen MR) is 115 cm³/mol. The van der Waals surface area contributed by atoms with E-state index < -0.39 is 10.5 Å². The minimum absolute atomic E-state index is 0.0569. The fourth-order valence-electron chi connectivity index (χ4n) is 3.28. The quantitative estimate of drug-likeness (QED) is 0.448. The highest BCUT2D eigenvalue weighted by Crippen LogP contribution is 2.25. The van der Waals surface area contributed by atoms with Crippen molar-refractivity contribution in [3.05, 3.63) is 79.3 Å². The molecule has 1 fully saturated rings. The van der Waals surface area contributed by atoms with E-state index in [-0.39, 0.29) is 10.7 Å². The fourth-order valence-corrected chi connectivity index (χ4v) is 3.64. The summed E-state index contributed by atoms with van der Waals surface area (Å²) in [5.74, 6) is 0.844. The Hall–Kier alpha value is -3.17. The Labute approximate surface area is 181 Å². The Balaban J connectivity index is 1.52. The van der Waals surface area contributed by atoms with Crippen LogP contribution in [0.5, 0.6) is 0 Å². The largest absolute Gasteiger partial charge is 0.365 e. The van der Waals surface area contributed by atoms with Gasteiger partial charge in [-0.2, -0.15) is 9.78 Å². The second-order valence-corrected chi connectivity index (χ2v) is 7.46. The van der Waals surface area contributed by atoms with E-state index in [1.807, 2.05) is 11.0 Å². The first-order chi connectivity index (χ1) is 14.4. The summed E-state index contributed by atoms with van der Waals surface area (Å²) in [4.78, 5) is 31.5. The molecule has 0 unspecified atom stereocenters. The molecule has 0 atom stereocenters. The first kappa shape index (κ1) is 20.1. The lowest BCUT2D eigenvalue weighted by Gasteiger charge is -2.36. The lowest BCUT2D eigenvalue weighted by atomic mass is 10.2. The summed E-state index contributed by atoms with van der Waals surface area (Å²) in [6, 6.07) is 9.22. The molecule has 1 aliphatic rings. The number of pyridine rings is 1. The molecule has 1 aliphatic heterocycles. The Kier molecular flexibility index (Phi) is 5.56. The summed E-state index contributed by atoms with van der Waals surface area (Å²) in [7, 11) is 0. The van der Waals surface area contributed by atoms with Crippen LogP contribution in [0.3, 0.4) is 0 Å². The number of hydrogen-bond donors (Lipinski definition) is 0. The average molecular weight is 447 g/mol. The summed E-state index contributed by atoms with van der Waals surface area (Å²) in [6.45, 7) is 2.70. The normalized spacial score (nSPS) is 14.1. The van der Waals surface area contributed by atoms with Crippen molar-refractivity contribution >= 4 is 40.4 Å². The summed E-state index contributed by atoms with van der Waals surface area (Å²) in [5.41, 5.74) is 0.411. The van der Waals surface area contributed by atoms with Crippen molar-refractivity contribution in [1.82, 2.24) is 14.8 Å². The minimum Gasteiger partial charge on any atom is -0.365 e. The van der Waals surface area contributed by atoms with Crippen LogP contribution in [0, 0.1) is 10.1 Å². The van der Waals surface area contributed by atoms with Crippen LogP contribution in [-0.4, -0.2) is 45.9 Å². The molecular weight excluding hydrogens is 431 g/mol. The third-order valence-corrected chi connectivity index (χ3v) is 5.44. The van der Waals surface area contributed by atoms with E-state index in [0.717, 1.165) is 10.5 Å². The molecule has 1 saturated heterocycles. The van der Waals surface area contributed by atoms with Crippen LogP contribution in [0.4, 0.5) is 17.2 Å². The predicted octanol–water partition coefficient (Wildman–Crippen LogP) is 3.17. The maximum absolute atomic E-state index is 12.7. The highest BCUT2D eigenvalue weighted by Gasteiger charge is 2.22. The molecular formula is C19H16Cl2N6O3. The van der Waals surface area contributed by atoms with Crippen LogP contribution in [0.2, 0.25) is 10.0 Å². The van der Waals surface area contributed by atoms with Gasteiger partial charge in [0.2, 0.25) is 0 Å². The zero-order chi connectivity index (χ0) is 21.3. The van der Waals surface area contributed by atoms with Crippen molar-refractivity contribution in [3.63, 3.8) is 0 Å². The number of hydrogen-bond acceptors (Lipinski definition) is 7. The highest BCUT2D eigenvalue weighted by molar-refractivity contribution is 6.33. The molecule has 9 nitrogen and oxygen atoms in total. The summed E-state index contributed by atoms with van der Waals surface area (Å²) >= 11 is 12.3. The number of non-ortho nitro benzene ring substituents is 1. The smallest absolute Gasteiger partial charge is 0.292 e. The van der Waals surface area contributed by atoms with E-state index in [4.69, 9.17) is 23.2 Å². The molecule has 0 amide bonds. The van der Waals surface area contributed by atoms with Gasteiger partial charge in [-0.15, -0.1) is 0 Å². The molecule has 30 heavy (non-hydrogen) atoms. The van der Waals surface area contributed by atoms with E-state index in [1.165, 1.54) is 24.3 Å². The van der Waals surface area contributed by atoms with Crippen LogP contribution in [0.25, 0.3) is 5.69 Å². The van der Waals surface area contributed by atoms with E-state index >= 15 is 0 Å². The van der Waals surface area contributed by atoms with Crippen molar-refractivity contribution in [2.45, 2.75) is 0 Å². The molecule has 0 saturated carbocycles. The second kappa shape index (κ2) is 8.29. The first-order valence-electron chi connectivity index (χ1n) is 9.08. The van der Waals surface area contributed by atoms with Crippen LogP contribution in [0.15, 0.2) is 53.6 Å². The van der Waals surface area contributed by atoms with Gasteiger partial charge in [-0.1, -0.05) is 23.2 Å². The number of aromatic nitrogens is 3. The zero-order valence-electron chi connectivity index (χ0n) is 15.6. The number of nitro groups is 1. The third kappa shape index (κ3) is 3.94. The van der Waals surface area contributed by atoms with Gasteiger partial charge in [0, 0.05) is 44.5 Å². The van der Waals surface area contributed by atoms with Crippen LogP contribution >= 0.6 is 23.2 Å². The van der Waals surface area contributed by atoms with Gasteiger partial charge in [-0.05, 0) is 24.3 Å². The molecule has 0 bridgehead atoms. The standard InChI is InChI=1S/C19H16Cl2N6O3/c20-13-1-6-17(22-11-13)25-9-7-24(8-10-25)16-12-23-26(19(28)18(16)21)14-2-4-15(5-3-14)27(29)30/h1-6,11-12H,7-10H2. The Morgan fingerprint density at radius 3 is 2.20 bits per heavy atom. The Morgan fingerprint density at radius 1 is 0.933 bits per heavy atom. The Bertz CT molecular complexity index is 1130. The average Bonchev–Trinajstić information content (AvgIpc) is 2.76. The number of rotatable bonds is 4. The van der Waals surface area contributed by atoms with Gasteiger partial charge in [0.05, 0.1) is 27.5 Å². The van der Waals surface area contributed by atoms with Crippen molar-refractivity contribution in [2.75, 3.05) is 36.0 Å². The third-order valence-electron chi connectivity index (χ3n) is 4.86. The zero-order valence-corrected chi connectivity index (χ0v) is 17.1. The van der Waals surface area contributed by atoms with Gasteiger partial charge in [-0.25, -0.2) is 4.98 Å². The highest BCUT2D eigenvalue weighted by atomic mass is 35.5. The topological polar surface area (TPSA) is 97.4 Å². The van der Waals surface area contributed by atoms with Crippen molar-refractivity contribution < 1.29 is 4.92 Å². The van der Waals surface area contributed by atoms with E-state index in [9.17, 15) is 14.9 Å². The van der Waals surface area contributed by atoms with E-state index in [1.54, 1.807) is 18.5 Å². The lowest BCUT2D eigenvalue weighted by molar-refractivity contribution is -0.384. The van der Waals surface area contributed by atoms with Gasteiger partial charge < -0.3 is 9.80 Å². The van der Waals surface area contributed by atoms with Crippen LogP contribution in [0.1, 0.15) is 0 Å². The molecule has 11 heteroatoms. The molecule has 2 aromatic heterocycles. The summed E-state index contributed by atoms with van der Waals surface area (Å²) in [6.07, 6.45) is 3.16. The molecule has 0 radical (unpaired) electrons. The molecule has 3 aromatic rings. The van der Waals surface area contributed by atoms with E-state index in [0.29, 0.717) is 42.6 Å². The molecule has 4 rings (SSSR count). The van der Waals surface area contributed by atoms with Gasteiger partial charge in [0.15, 0.2) is 0 Å². The summed E-state index contributed by atoms with van der Waals surface area (Å²) < 4.78 is 1.13. The second-order valence-electron chi connectivity index (χ2n) is 6.64. The Morgan fingerprint density at radius 2 is 1.60 bits per heavy atom. The van der Waals surface area contributed by atoms with Crippen molar-refractivity contribution in [3.8, 4) is 5.69 Å². The minimum atomic E-state index is -0.505. The van der Waals surface area contributed by atoms with Gasteiger partial charge in [-0.3, -0.25) is 14.9 Å². The lowest BCUT2D eigenvalue weighted by Crippen LogP contribution is -2.47. The summed E-state index contributed by atoms with van der Waals surface area (Å²) in [5, 5.41) is 15.7. The number of anilines is 2. The van der Waals surface area contributed by atoms with Gasteiger partial charge >= 0.3 is 0 Å². The SMILES string of the molecule is O=c1c(Cl)c(N2CCN(c3ccc(Cl)cn3)CC2)cnn1-c1ccc([N+](=O)[O-])cc1. The molecule has 3 heterocycles. The number of benzene rings is 1. The molecule has 1 aromatic carbocycles.